The molecule has 2 heterocycles. The van der Waals surface area contributed by atoms with E-state index in [1.54, 1.807) is 16.7 Å². The highest BCUT2D eigenvalue weighted by molar-refractivity contribution is 7.89. The number of nitrogens with zero attached hydrogens (tertiary/aromatic N) is 3. The molecule has 0 aliphatic heterocycles. The Labute approximate surface area is 136 Å². The maximum absolute atomic E-state index is 12.3. The lowest BCUT2D eigenvalue weighted by Crippen LogP contribution is -2.24. The van der Waals surface area contributed by atoms with E-state index >= 15 is 0 Å². The topological polar surface area (TPSA) is 76.4 Å². The number of nitrogens with one attached hydrogen (secondary N) is 1. The molecule has 0 spiro atoms. The Balaban J connectivity index is 1.86. The van der Waals surface area contributed by atoms with Crippen LogP contribution in [0.5, 0.6) is 0 Å². The largest absolute Gasteiger partial charge is 0.285 e. The fraction of sp³-hybridized carbons (Fsp3) is 0.0769. The van der Waals surface area contributed by atoms with Crippen LogP contribution in [0.4, 0.5) is 0 Å². The Morgan fingerprint density at radius 3 is 2.55 bits per heavy atom. The summed E-state index contributed by atoms with van der Waals surface area (Å²) in [5, 5.41) is 8.42. The highest BCUT2D eigenvalue weighted by Gasteiger charge is 2.17. The van der Waals surface area contributed by atoms with E-state index in [2.05, 4.69) is 14.9 Å². The summed E-state index contributed by atoms with van der Waals surface area (Å²) in [4.78, 5) is -0.00109. The highest BCUT2D eigenvalue weighted by atomic mass is 35.5. The molecule has 22 heavy (non-hydrogen) atoms. The summed E-state index contributed by atoms with van der Waals surface area (Å²) < 4.78 is 28.7. The third kappa shape index (κ3) is 3.07. The first-order valence-electron chi connectivity index (χ1n) is 6.20. The summed E-state index contributed by atoms with van der Waals surface area (Å²) in [7, 11) is -3.75. The Hall–Kier alpha value is -1.67. The predicted molar refractivity (Wildman–Crippen MR) is 83.5 cm³/mol. The Morgan fingerprint density at radius 1 is 1.09 bits per heavy atom. The first kappa shape index (κ1) is 15.2. The van der Waals surface area contributed by atoms with Crippen molar-refractivity contribution in [2.45, 2.75) is 11.4 Å². The first-order valence-corrected chi connectivity index (χ1v) is 8.44. The van der Waals surface area contributed by atoms with Gasteiger partial charge < -0.3 is 0 Å². The molecule has 1 N–H and O–H groups in total. The Kier molecular flexibility index (Phi) is 4.05. The molecule has 0 radical (unpaired) electrons. The number of pyridine rings is 1. The van der Waals surface area contributed by atoms with E-state index in [0.29, 0.717) is 11.5 Å². The van der Waals surface area contributed by atoms with Crippen LogP contribution in [0, 0.1) is 0 Å². The van der Waals surface area contributed by atoms with Crippen LogP contribution in [0.3, 0.4) is 0 Å². The second-order valence-corrected chi connectivity index (χ2v) is 7.11. The molecule has 0 aliphatic carbocycles. The van der Waals surface area contributed by atoms with Crippen LogP contribution in [-0.2, 0) is 16.6 Å². The number of rotatable bonds is 4. The zero-order valence-electron chi connectivity index (χ0n) is 11.1. The van der Waals surface area contributed by atoms with Crippen LogP contribution >= 0.6 is 23.2 Å². The van der Waals surface area contributed by atoms with E-state index in [4.69, 9.17) is 23.2 Å². The molecule has 0 amide bonds. The monoisotopic (exact) mass is 356 g/mol. The fourth-order valence-electron chi connectivity index (χ4n) is 1.94. The molecule has 1 aromatic carbocycles. The predicted octanol–water partition coefficient (Wildman–Crippen LogP) is 2.51. The Morgan fingerprint density at radius 2 is 1.82 bits per heavy atom. The third-order valence-electron chi connectivity index (χ3n) is 2.95. The molecule has 9 heteroatoms. The number of fused-ring (bicyclic) bond motifs is 1. The van der Waals surface area contributed by atoms with Gasteiger partial charge in [-0.1, -0.05) is 29.3 Å². The zero-order chi connectivity index (χ0) is 15.7. The molecule has 0 aliphatic rings. The number of hydrogen-bond acceptors (Lipinski definition) is 4. The summed E-state index contributed by atoms with van der Waals surface area (Å²) in [6.07, 6.45) is 1.76. The quantitative estimate of drug-likeness (QED) is 0.779. The number of sulfonamides is 1. The van der Waals surface area contributed by atoms with Crippen LogP contribution in [0.15, 0.2) is 47.5 Å². The summed E-state index contributed by atoms with van der Waals surface area (Å²) in [5.74, 6) is 0.479. The number of benzene rings is 1. The molecule has 3 aromatic rings. The molecule has 0 unspecified atom stereocenters. The van der Waals surface area contributed by atoms with E-state index in [0.717, 1.165) is 0 Å². The standard InChI is InChI=1S/C13H10Cl2N4O2S/c14-9-5-10(15)7-11(6-9)22(20,21)16-8-13-18-17-12-3-1-2-4-19(12)13/h1-7,16H,8H2. The second-order valence-electron chi connectivity index (χ2n) is 4.47. The maximum atomic E-state index is 12.3. The van der Waals surface area contributed by atoms with E-state index in [-0.39, 0.29) is 21.5 Å². The SMILES string of the molecule is O=S(=O)(NCc1nnc2ccccn12)c1cc(Cl)cc(Cl)c1. The van der Waals surface area contributed by atoms with Gasteiger partial charge in [-0.3, -0.25) is 4.40 Å². The van der Waals surface area contributed by atoms with Gasteiger partial charge in [-0.05, 0) is 30.3 Å². The minimum Gasteiger partial charge on any atom is -0.285 e. The molecule has 0 saturated heterocycles. The van der Waals surface area contributed by atoms with Gasteiger partial charge in [0.15, 0.2) is 11.5 Å². The van der Waals surface area contributed by atoms with E-state index in [1.165, 1.54) is 18.2 Å². The van der Waals surface area contributed by atoms with Gasteiger partial charge >= 0.3 is 0 Å². The fourth-order valence-corrected chi connectivity index (χ4v) is 3.64. The van der Waals surface area contributed by atoms with Gasteiger partial charge in [0, 0.05) is 16.2 Å². The molecule has 0 atom stereocenters. The highest BCUT2D eigenvalue weighted by Crippen LogP contribution is 2.22. The molecule has 0 fully saturated rings. The van der Waals surface area contributed by atoms with Crippen molar-refractivity contribution >= 4 is 38.9 Å². The van der Waals surface area contributed by atoms with Crippen LogP contribution in [-0.4, -0.2) is 23.0 Å². The number of aromatic nitrogens is 3. The summed E-state index contributed by atoms with van der Waals surface area (Å²) >= 11 is 11.7. The van der Waals surface area contributed by atoms with Crippen molar-refractivity contribution < 1.29 is 8.42 Å². The molecular formula is C13H10Cl2N4O2S. The van der Waals surface area contributed by atoms with Crippen molar-refractivity contribution in [1.29, 1.82) is 0 Å². The summed E-state index contributed by atoms with van der Waals surface area (Å²) in [6.45, 7) is -0.00234. The molecule has 2 aromatic heterocycles. The molecule has 0 bridgehead atoms. The molecule has 114 valence electrons. The third-order valence-corrected chi connectivity index (χ3v) is 4.77. The van der Waals surface area contributed by atoms with E-state index < -0.39 is 10.0 Å². The number of halogens is 2. The van der Waals surface area contributed by atoms with Crippen LogP contribution in [0.1, 0.15) is 5.82 Å². The minimum atomic E-state index is -3.75. The van der Waals surface area contributed by atoms with Crippen LogP contribution in [0.2, 0.25) is 10.0 Å². The van der Waals surface area contributed by atoms with Gasteiger partial charge in [-0.15, -0.1) is 10.2 Å². The lowest BCUT2D eigenvalue weighted by Gasteiger charge is -2.07. The van der Waals surface area contributed by atoms with Gasteiger partial charge in [-0.25, -0.2) is 13.1 Å². The minimum absolute atomic E-state index is 0.00109. The van der Waals surface area contributed by atoms with Crippen molar-refractivity contribution in [1.82, 2.24) is 19.3 Å². The molecule has 6 nitrogen and oxygen atoms in total. The van der Waals surface area contributed by atoms with Gasteiger partial charge in [0.1, 0.15) is 0 Å². The Bertz CT molecular complexity index is 920. The summed E-state index contributed by atoms with van der Waals surface area (Å²) in [6, 6.07) is 9.54. The van der Waals surface area contributed by atoms with E-state index in [9.17, 15) is 8.42 Å². The molecule has 0 saturated carbocycles. The lowest BCUT2D eigenvalue weighted by molar-refractivity contribution is 0.579. The second kappa shape index (κ2) is 5.85. The maximum Gasteiger partial charge on any atom is 0.241 e. The average Bonchev–Trinajstić information content (AvgIpc) is 2.87. The average molecular weight is 357 g/mol. The van der Waals surface area contributed by atoms with Gasteiger partial charge in [0.25, 0.3) is 0 Å². The van der Waals surface area contributed by atoms with E-state index in [1.807, 2.05) is 12.1 Å². The van der Waals surface area contributed by atoms with Gasteiger partial charge in [-0.2, -0.15) is 0 Å². The molecule has 3 rings (SSSR count). The van der Waals surface area contributed by atoms with Crippen molar-refractivity contribution in [3.05, 3.63) is 58.5 Å². The number of hydrogen-bond donors (Lipinski definition) is 1. The van der Waals surface area contributed by atoms with Crippen molar-refractivity contribution in [2.75, 3.05) is 0 Å². The molecular weight excluding hydrogens is 347 g/mol. The first-order chi connectivity index (χ1) is 10.5. The zero-order valence-corrected chi connectivity index (χ0v) is 13.4. The lowest BCUT2D eigenvalue weighted by atomic mass is 10.4. The smallest absolute Gasteiger partial charge is 0.241 e. The van der Waals surface area contributed by atoms with Gasteiger partial charge in [0.2, 0.25) is 10.0 Å². The van der Waals surface area contributed by atoms with Gasteiger partial charge in [0.05, 0.1) is 11.4 Å². The van der Waals surface area contributed by atoms with Crippen LogP contribution in [0.25, 0.3) is 5.65 Å². The van der Waals surface area contributed by atoms with Crippen molar-refractivity contribution in [3.8, 4) is 0 Å². The summed E-state index contributed by atoms with van der Waals surface area (Å²) in [5.41, 5.74) is 0.641. The normalized spacial score (nSPS) is 11.9. The van der Waals surface area contributed by atoms with Crippen molar-refractivity contribution in [3.63, 3.8) is 0 Å². The van der Waals surface area contributed by atoms with Crippen LogP contribution < -0.4 is 4.72 Å². The van der Waals surface area contributed by atoms with Crippen molar-refractivity contribution in [2.24, 2.45) is 0 Å².